The molecule has 1 N–H and O–H groups in total. The molecule has 0 atom stereocenters. The van der Waals surface area contributed by atoms with Gasteiger partial charge < -0.3 is 9.47 Å². The summed E-state index contributed by atoms with van der Waals surface area (Å²) in [6, 6.07) is 13.3. The molecule has 162 valence electrons. The van der Waals surface area contributed by atoms with E-state index in [1.54, 1.807) is 6.07 Å². The first-order valence-corrected chi connectivity index (χ1v) is 13.1. The first-order chi connectivity index (χ1) is 14.9. The van der Waals surface area contributed by atoms with E-state index in [0.717, 1.165) is 52.7 Å². The predicted molar refractivity (Wildman–Crippen MR) is 130 cm³/mol. The molecule has 2 aromatic heterocycles. The van der Waals surface area contributed by atoms with Crippen molar-refractivity contribution in [2.24, 2.45) is 0 Å². The van der Waals surface area contributed by atoms with Crippen LogP contribution in [0.25, 0.3) is 21.0 Å². The Morgan fingerprint density at radius 2 is 1.90 bits per heavy atom. The third-order valence-corrected chi connectivity index (χ3v) is 9.48. The summed E-state index contributed by atoms with van der Waals surface area (Å²) < 4.78 is 33.0. The number of halogens is 1. The van der Waals surface area contributed by atoms with Crippen LogP contribution in [0.1, 0.15) is 18.4 Å². The number of aromatic nitrogens is 1. The van der Waals surface area contributed by atoms with E-state index in [1.165, 1.54) is 24.2 Å². The summed E-state index contributed by atoms with van der Waals surface area (Å²) in [7, 11) is -3.73. The van der Waals surface area contributed by atoms with Gasteiger partial charge in [-0.3, -0.25) is 4.72 Å². The van der Waals surface area contributed by atoms with E-state index >= 15 is 0 Å². The molecule has 0 radical (unpaired) electrons. The summed E-state index contributed by atoms with van der Waals surface area (Å²) in [5.74, 6) is 0. The minimum absolute atomic E-state index is 0.331. The summed E-state index contributed by atoms with van der Waals surface area (Å²) in [6.07, 6.45) is 4.57. The number of aryl methyl sites for hydroxylation is 1. The van der Waals surface area contributed by atoms with Crippen molar-refractivity contribution in [3.63, 3.8) is 0 Å². The number of anilines is 1. The van der Waals surface area contributed by atoms with Gasteiger partial charge in [0, 0.05) is 34.4 Å². The normalized spacial score (nSPS) is 15.3. The predicted octanol–water partition coefficient (Wildman–Crippen LogP) is 5.71. The van der Waals surface area contributed by atoms with Gasteiger partial charge in [-0.15, -0.1) is 11.3 Å². The van der Waals surface area contributed by atoms with E-state index in [4.69, 9.17) is 11.6 Å². The highest BCUT2D eigenvalue weighted by Crippen LogP contribution is 2.37. The van der Waals surface area contributed by atoms with Gasteiger partial charge in [0.1, 0.15) is 4.21 Å². The first kappa shape index (κ1) is 20.8. The number of rotatable bonds is 6. The largest absolute Gasteiger partial charge is 0.344 e. The highest BCUT2D eigenvalue weighted by atomic mass is 35.5. The van der Waals surface area contributed by atoms with Gasteiger partial charge in [0.25, 0.3) is 10.0 Å². The molecule has 3 heterocycles. The summed E-state index contributed by atoms with van der Waals surface area (Å²) >= 11 is 7.40. The molecule has 0 unspecified atom stereocenters. The van der Waals surface area contributed by atoms with E-state index in [-0.39, 0.29) is 0 Å². The van der Waals surface area contributed by atoms with Gasteiger partial charge >= 0.3 is 0 Å². The average Bonchev–Trinajstić information content (AvgIpc) is 3.46. The van der Waals surface area contributed by atoms with Gasteiger partial charge in [-0.25, -0.2) is 8.42 Å². The Morgan fingerprint density at radius 1 is 1.10 bits per heavy atom. The van der Waals surface area contributed by atoms with Crippen LogP contribution in [0.5, 0.6) is 0 Å². The Balaban J connectivity index is 1.49. The number of benzene rings is 2. The molecule has 1 fully saturated rings. The van der Waals surface area contributed by atoms with Gasteiger partial charge in [-0.05, 0) is 74.1 Å². The zero-order valence-electron chi connectivity index (χ0n) is 17.3. The van der Waals surface area contributed by atoms with Gasteiger partial charge in [-0.2, -0.15) is 0 Å². The maximum Gasteiger partial charge on any atom is 0.271 e. The number of likely N-dealkylation sites (tertiary alicyclic amines) is 1. The molecule has 5 nitrogen and oxygen atoms in total. The van der Waals surface area contributed by atoms with Crippen LogP contribution in [0.3, 0.4) is 0 Å². The van der Waals surface area contributed by atoms with E-state index in [1.807, 2.05) is 49.5 Å². The molecular formula is C23H24ClN3O2S2. The third-order valence-electron chi connectivity index (χ3n) is 5.99. The molecule has 8 heteroatoms. The fraction of sp³-hybridized carbons (Fsp3) is 0.304. The van der Waals surface area contributed by atoms with Gasteiger partial charge in [0.15, 0.2) is 0 Å². The standard InChI is InChI=1S/C23H24ClN3O2S2/c1-16-19-15-18(24)7-8-21(19)30-23(16)31(28,29)25-20-6-4-5-17-9-12-27(22(17)20)14-13-26-10-2-3-11-26/h4-9,12,15,25H,2-3,10-11,13-14H2,1H3. The van der Waals surface area contributed by atoms with Crippen LogP contribution in [0.2, 0.25) is 5.02 Å². The molecule has 0 amide bonds. The van der Waals surface area contributed by atoms with Crippen molar-refractivity contribution in [1.82, 2.24) is 9.47 Å². The molecule has 0 bridgehead atoms. The average molecular weight is 474 g/mol. The molecule has 31 heavy (non-hydrogen) atoms. The van der Waals surface area contributed by atoms with Crippen molar-refractivity contribution in [1.29, 1.82) is 0 Å². The minimum atomic E-state index is -3.73. The number of para-hydroxylation sites is 1. The second kappa shape index (κ2) is 8.13. The smallest absolute Gasteiger partial charge is 0.271 e. The topological polar surface area (TPSA) is 54.3 Å². The van der Waals surface area contributed by atoms with Crippen molar-refractivity contribution in [2.45, 2.75) is 30.5 Å². The fourth-order valence-corrected chi connectivity index (χ4v) is 7.39. The lowest BCUT2D eigenvalue weighted by Gasteiger charge is -2.17. The summed E-state index contributed by atoms with van der Waals surface area (Å²) in [5.41, 5.74) is 2.26. The van der Waals surface area contributed by atoms with Crippen LogP contribution < -0.4 is 4.72 Å². The Morgan fingerprint density at radius 3 is 2.71 bits per heavy atom. The second-order valence-corrected chi connectivity index (χ2v) is 11.4. The highest BCUT2D eigenvalue weighted by Gasteiger charge is 2.23. The highest BCUT2D eigenvalue weighted by molar-refractivity contribution is 7.95. The van der Waals surface area contributed by atoms with Gasteiger partial charge in [-0.1, -0.05) is 23.7 Å². The molecular weight excluding hydrogens is 450 g/mol. The van der Waals surface area contributed by atoms with Crippen LogP contribution in [-0.2, 0) is 16.6 Å². The molecule has 5 rings (SSSR count). The minimum Gasteiger partial charge on any atom is -0.344 e. The maximum atomic E-state index is 13.4. The quantitative estimate of drug-likeness (QED) is 0.390. The van der Waals surface area contributed by atoms with E-state index in [9.17, 15) is 8.42 Å². The summed E-state index contributed by atoms with van der Waals surface area (Å²) in [5, 5.41) is 2.51. The van der Waals surface area contributed by atoms with E-state index in [2.05, 4.69) is 14.2 Å². The zero-order valence-corrected chi connectivity index (χ0v) is 19.7. The fourth-order valence-electron chi connectivity index (χ4n) is 4.40. The van der Waals surface area contributed by atoms with E-state index in [0.29, 0.717) is 14.9 Å². The van der Waals surface area contributed by atoms with Crippen molar-refractivity contribution in [2.75, 3.05) is 24.4 Å². The number of nitrogens with zero attached hydrogens (tertiary/aromatic N) is 2. The van der Waals surface area contributed by atoms with Crippen LogP contribution >= 0.6 is 22.9 Å². The Kier molecular flexibility index (Phi) is 5.46. The van der Waals surface area contributed by atoms with Crippen molar-refractivity contribution >= 4 is 59.6 Å². The molecule has 0 saturated carbocycles. The summed E-state index contributed by atoms with van der Waals surface area (Å²) in [4.78, 5) is 2.46. The number of thiophene rings is 1. The number of hydrogen-bond donors (Lipinski definition) is 1. The molecule has 4 aromatic rings. The number of sulfonamides is 1. The van der Waals surface area contributed by atoms with Crippen molar-refractivity contribution in [3.05, 3.63) is 59.2 Å². The Labute approximate surface area is 191 Å². The first-order valence-electron chi connectivity index (χ1n) is 10.4. The maximum absolute atomic E-state index is 13.4. The van der Waals surface area contributed by atoms with Crippen LogP contribution in [0.4, 0.5) is 5.69 Å². The molecule has 1 aliphatic rings. The SMILES string of the molecule is Cc1c(S(=O)(=O)Nc2cccc3ccn(CCN4CCCC4)c23)sc2ccc(Cl)cc12. The number of hydrogen-bond acceptors (Lipinski definition) is 4. The number of nitrogens with one attached hydrogen (secondary N) is 1. The number of fused-ring (bicyclic) bond motifs is 2. The van der Waals surface area contributed by atoms with Gasteiger partial charge in [0.2, 0.25) is 0 Å². The summed E-state index contributed by atoms with van der Waals surface area (Å²) in [6.45, 7) is 5.94. The molecule has 0 aliphatic carbocycles. The zero-order chi connectivity index (χ0) is 21.6. The lowest BCUT2D eigenvalue weighted by molar-refractivity contribution is 0.324. The molecule has 2 aromatic carbocycles. The Bertz CT molecular complexity index is 1370. The van der Waals surface area contributed by atoms with Crippen LogP contribution in [-0.4, -0.2) is 37.5 Å². The lowest BCUT2D eigenvalue weighted by atomic mass is 10.2. The molecule has 1 saturated heterocycles. The van der Waals surface area contributed by atoms with E-state index < -0.39 is 10.0 Å². The second-order valence-electron chi connectivity index (χ2n) is 8.06. The Hall–Kier alpha value is -2.06. The third kappa shape index (κ3) is 3.96. The molecule has 0 spiro atoms. The molecule has 1 aliphatic heterocycles. The van der Waals surface area contributed by atoms with Crippen molar-refractivity contribution in [3.8, 4) is 0 Å². The lowest BCUT2D eigenvalue weighted by Crippen LogP contribution is -2.24. The monoisotopic (exact) mass is 473 g/mol. The van der Waals surface area contributed by atoms with Crippen LogP contribution in [0, 0.1) is 6.92 Å². The van der Waals surface area contributed by atoms with Crippen molar-refractivity contribution < 1.29 is 8.42 Å². The van der Waals surface area contributed by atoms with Crippen LogP contribution in [0.15, 0.2) is 52.9 Å². The van der Waals surface area contributed by atoms with Gasteiger partial charge in [0.05, 0.1) is 11.2 Å².